The lowest BCUT2D eigenvalue weighted by Gasteiger charge is -2.15. The average Bonchev–Trinajstić information content (AvgIpc) is 3.02. The third-order valence-corrected chi connectivity index (χ3v) is 4.49. The minimum absolute atomic E-state index is 0.0385. The molecule has 6 nitrogen and oxygen atoms in total. The van der Waals surface area contributed by atoms with E-state index in [9.17, 15) is 14.0 Å². The van der Waals surface area contributed by atoms with Crippen LogP contribution >= 0.6 is 0 Å². The van der Waals surface area contributed by atoms with Crippen molar-refractivity contribution in [1.82, 2.24) is 15.1 Å². The van der Waals surface area contributed by atoms with Gasteiger partial charge in [0.05, 0.1) is 6.04 Å². The third kappa shape index (κ3) is 5.40. The number of halogens is 1. The average molecular weight is 397 g/mol. The Morgan fingerprint density at radius 2 is 1.76 bits per heavy atom. The van der Waals surface area contributed by atoms with Crippen LogP contribution in [0.4, 0.5) is 4.39 Å². The summed E-state index contributed by atoms with van der Waals surface area (Å²) in [5.41, 5.74) is 2.69. The van der Waals surface area contributed by atoms with Crippen LogP contribution in [0.3, 0.4) is 0 Å². The van der Waals surface area contributed by atoms with Crippen LogP contribution in [0.5, 0.6) is 0 Å². The number of hydrogen-bond acceptors (Lipinski definition) is 4. The quantitative estimate of drug-likeness (QED) is 0.659. The maximum Gasteiger partial charge on any atom is 0.437 e. The summed E-state index contributed by atoms with van der Waals surface area (Å²) in [5, 5.41) is 6.88. The van der Waals surface area contributed by atoms with E-state index in [1.54, 1.807) is 0 Å². The molecule has 152 valence electrons. The van der Waals surface area contributed by atoms with Gasteiger partial charge < -0.3 is 9.73 Å². The van der Waals surface area contributed by atoms with Gasteiger partial charge in [0.1, 0.15) is 12.4 Å². The Hall–Kier alpha value is -3.22. The Morgan fingerprint density at radius 3 is 2.38 bits per heavy atom. The van der Waals surface area contributed by atoms with E-state index in [0.29, 0.717) is 11.5 Å². The standard InChI is InChI=1S/C22H24FN3O3/c1-14(2)12-16-4-6-17(7-5-16)15(3)24-20(27)13-26-22(28)29-21(25-26)18-8-10-19(23)11-9-18/h4-11,14-15H,12-13H2,1-3H3,(H,24,27)/t15-/m1/s1. The van der Waals surface area contributed by atoms with E-state index in [2.05, 4.69) is 36.4 Å². The molecule has 1 aromatic heterocycles. The number of hydrogen-bond donors (Lipinski definition) is 1. The molecule has 1 amide bonds. The van der Waals surface area contributed by atoms with Crippen molar-refractivity contribution in [2.75, 3.05) is 0 Å². The van der Waals surface area contributed by atoms with E-state index in [1.807, 2.05) is 19.1 Å². The summed E-state index contributed by atoms with van der Waals surface area (Å²) in [4.78, 5) is 24.3. The second-order valence-corrected chi connectivity index (χ2v) is 7.47. The molecule has 0 bridgehead atoms. The van der Waals surface area contributed by atoms with Crippen LogP contribution in [0.15, 0.2) is 57.7 Å². The number of nitrogens with zero attached hydrogens (tertiary/aromatic N) is 2. The number of carbonyl (C=O) groups excluding carboxylic acids is 1. The first-order valence-corrected chi connectivity index (χ1v) is 9.54. The highest BCUT2D eigenvalue weighted by Gasteiger charge is 2.15. The maximum atomic E-state index is 13.0. The number of nitrogens with one attached hydrogen (secondary N) is 1. The van der Waals surface area contributed by atoms with Crippen molar-refractivity contribution in [3.8, 4) is 11.5 Å². The molecule has 1 atom stereocenters. The molecule has 0 fully saturated rings. The summed E-state index contributed by atoms with van der Waals surface area (Å²) in [6, 6.07) is 13.3. The summed E-state index contributed by atoms with van der Waals surface area (Å²) in [7, 11) is 0. The molecule has 3 rings (SSSR count). The van der Waals surface area contributed by atoms with Gasteiger partial charge in [-0.1, -0.05) is 38.1 Å². The minimum atomic E-state index is -0.745. The lowest BCUT2D eigenvalue weighted by molar-refractivity contribution is -0.122. The van der Waals surface area contributed by atoms with Crippen LogP contribution in [0, 0.1) is 11.7 Å². The molecule has 2 aromatic carbocycles. The number of carbonyl (C=O) groups is 1. The highest BCUT2D eigenvalue weighted by atomic mass is 19.1. The van der Waals surface area contributed by atoms with Crippen molar-refractivity contribution >= 4 is 5.91 Å². The zero-order chi connectivity index (χ0) is 21.0. The van der Waals surface area contributed by atoms with Gasteiger partial charge in [-0.25, -0.2) is 9.18 Å². The van der Waals surface area contributed by atoms with Crippen molar-refractivity contribution < 1.29 is 13.6 Å². The maximum absolute atomic E-state index is 13.0. The molecule has 0 aliphatic heterocycles. The van der Waals surface area contributed by atoms with Gasteiger partial charge in [0, 0.05) is 5.56 Å². The monoisotopic (exact) mass is 397 g/mol. The molecular formula is C22H24FN3O3. The first-order chi connectivity index (χ1) is 13.8. The van der Waals surface area contributed by atoms with Crippen molar-refractivity contribution in [3.05, 3.63) is 76.0 Å². The van der Waals surface area contributed by atoms with Crippen molar-refractivity contribution in [3.63, 3.8) is 0 Å². The van der Waals surface area contributed by atoms with Crippen LogP contribution in [-0.4, -0.2) is 15.7 Å². The molecular weight excluding hydrogens is 373 g/mol. The normalized spacial score (nSPS) is 12.2. The van der Waals surface area contributed by atoms with Gasteiger partial charge in [-0.2, -0.15) is 4.68 Å². The highest BCUT2D eigenvalue weighted by Crippen LogP contribution is 2.17. The fourth-order valence-corrected chi connectivity index (χ4v) is 3.04. The van der Waals surface area contributed by atoms with Gasteiger partial charge in [0.25, 0.3) is 0 Å². The molecule has 0 saturated carbocycles. The van der Waals surface area contributed by atoms with Crippen LogP contribution in [0.25, 0.3) is 11.5 Å². The van der Waals surface area contributed by atoms with E-state index in [-0.39, 0.29) is 24.4 Å². The Balaban J connectivity index is 1.63. The first-order valence-electron chi connectivity index (χ1n) is 9.54. The Labute approximate surface area is 168 Å². The van der Waals surface area contributed by atoms with Gasteiger partial charge in [-0.15, -0.1) is 5.10 Å². The predicted molar refractivity (Wildman–Crippen MR) is 108 cm³/mol. The van der Waals surface area contributed by atoms with Crippen molar-refractivity contribution in [2.24, 2.45) is 5.92 Å². The lowest BCUT2D eigenvalue weighted by Crippen LogP contribution is -2.33. The second-order valence-electron chi connectivity index (χ2n) is 7.47. The van der Waals surface area contributed by atoms with E-state index in [0.717, 1.165) is 16.7 Å². The van der Waals surface area contributed by atoms with Gasteiger partial charge >= 0.3 is 5.76 Å². The highest BCUT2D eigenvalue weighted by molar-refractivity contribution is 5.76. The number of rotatable bonds is 7. The largest absolute Gasteiger partial charge is 0.437 e. The number of amides is 1. The Bertz CT molecular complexity index is 1020. The third-order valence-electron chi connectivity index (χ3n) is 4.49. The Morgan fingerprint density at radius 1 is 1.10 bits per heavy atom. The molecule has 1 heterocycles. The van der Waals surface area contributed by atoms with Crippen LogP contribution < -0.4 is 11.1 Å². The Kier molecular flexibility index (Phi) is 6.26. The minimum Gasteiger partial charge on any atom is -0.388 e. The molecule has 1 N–H and O–H groups in total. The molecule has 0 aliphatic rings. The predicted octanol–water partition coefficient (Wildman–Crippen LogP) is 3.72. The topological polar surface area (TPSA) is 77.1 Å². The van der Waals surface area contributed by atoms with Crippen molar-refractivity contribution in [1.29, 1.82) is 0 Å². The van der Waals surface area contributed by atoms with Crippen LogP contribution in [0.1, 0.15) is 37.9 Å². The SMILES string of the molecule is CC(C)Cc1ccc([C@@H](C)NC(=O)Cn2nc(-c3ccc(F)cc3)oc2=O)cc1. The van der Waals surface area contributed by atoms with Crippen LogP contribution in [0.2, 0.25) is 0 Å². The summed E-state index contributed by atoms with van der Waals surface area (Å²) in [6.07, 6.45) is 1.01. The van der Waals surface area contributed by atoms with Gasteiger partial charge in [0.2, 0.25) is 11.8 Å². The molecule has 29 heavy (non-hydrogen) atoms. The first kappa shape index (κ1) is 20.5. The fourth-order valence-electron chi connectivity index (χ4n) is 3.04. The van der Waals surface area contributed by atoms with E-state index < -0.39 is 11.6 Å². The number of benzene rings is 2. The molecule has 0 unspecified atom stereocenters. The molecule has 0 spiro atoms. The number of aromatic nitrogens is 2. The van der Waals surface area contributed by atoms with Crippen LogP contribution in [-0.2, 0) is 17.8 Å². The summed E-state index contributed by atoms with van der Waals surface area (Å²) in [6.45, 7) is 5.96. The molecule has 0 saturated heterocycles. The summed E-state index contributed by atoms with van der Waals surface area (Å²) < 4.78 is 19.0. The van der Waals surface area contributed by atoms with Gasteiger partial charge in [0.15, 0.2) is 0 Å². The second kappa shape index (κ2) is 8.86. The smallest absolute Gasteiger partial charge is 0.388 e. The molecule has 7 heteroatoms. The van der Waals surface area contributed by atoms with E-state index in [4.69, 9.17) is 4.42 Å². The molecule has 3 aromatic rings. The van der Waals surface area contributed by atoms with E-state index in [1.165, 1.54) is 29.8 Å². The lowest BCUT2D eigenvalue weighted by atomic mass is 10.00. The zero-order valence-electron chi connectivity index (χ0n) is 16.7. The van der Waals surface area contributed by atoms with Crippen molar-refractivity contribution in [2.45, 2.75) is 39.8 Å². The van der Waals surface area contributed by atoms with Gasteiger partial charge in [-0.3, -0.25) is 4.79 Å². The zero-order valence-corrected chi connectivity index (χ0v) is 16.7. The summed E-state index contributed by atoms with van der Waals surface area (Å²) >= 11 is 0. The molecule has 0 aliphatic carbocycles. The molecule has 0 radical (unpaired) electrons. The summed E-state index contributed by atoms with van der Waals surface area (Å²) in [5.74, 6) is -0.883. The fraction of sp³-hybridized carbons (Fsp3) is 0.318. The van der Waals surface area contributed by atoms with E-state index >= 15 is 0 Å². The van der Waals surface area contributed by atoms with Gasteiger partial charge in [-0.05, 0) is 54.7 Å².